The Hall–Kier alpha value is -2.85. The third-order valence-electron chi connectivity index (χ3n) is 4.46. The molecule has 0 saturated carbocycles. The summed E-state index contributed by atoms with van der Waals surface area (Å²) in [7, 11) is -1.79. The number of aromatic nitrogens is 2. The summed E-state index contributed by atoms with van der Waals surface area (Å²) >= 11 is 0. The van der Waals surface area contributed by atoms with Gasteiger partial charge >= 0.3 is 8.68 Å². The Morgan fingerprint density at radius 1 is 0.862 bits per heavy atom. The molecule has 4 heteroatoms. The van der Waals surface area contributed by atoms with Gasteiger partial charge in [0.25, 0.3) is 0 Å². The van der Waals surface area contributed by atoms with Gasteiger partial charge in [-0.3, -0.25) is 0 Å². The number of pyridine rings is 1. The van der Waals surface area contributed by atoms with E-state index in [-0.39, 0.29) is 0 Å². The Labute approximate surface area is 174 Å². The Bertz CT molecular complexity index is 1040. The van der Waals surface area contributed by atoms with Crippen molar-refractivity contribution in [1.82, 2.24) is 9.61 Å². The number of fused-ring (bicyclic) bond motifs is 1. The van der Waals surface area contributed by atoms with Crippen LogP contribution in [-0.4, -0.2) is 18.3 Å². The van der Waals surface area contributed by atoms with E-state index >= 15 is 0 Å². The molecule has 0 unspecified atom stereocenters. The number of nitrogens with zero attached hydrogens (tertiary/aromatic N) is 2. The van der Waals surface area contributed by atoms with Crippen LogP contribution in [0.15, 0.2) is 85.1 Å². The molecular formula is C25H28N2OSi. The predicted molar refractivity (Wildman–Crippen MR) is 122 cm³/mol. The van der Waals surface area contributed by atoms with Crippen molar-refractivity contribution in [3.05, 3.63) is 96.3 Å². The number of hydrogen-bond donors (Lipinski definition) is 0. The number of rotatable bonds is 3. The maximum atomic E-state index is 12.0. The molecule has 0 bridgehead atoms. The van der Waals surface area contributed by atoms with Gasteiger partial charge in [0.2, 0.25) is 0 Å². The maximum Gasteiger partial charge on any atom is 0.346 e. The summed E-state index contributed by atoms with van der Waals surface area (Å²) in [5.74, 6) is 0. The van der Waals surface area contributed by atoms with Crippen molar-refractivity contribution in [1.29, 1.82) is 0 Å². The van der Waals surface area contributed by atoms with Crippen LogP contribution in [0.5, 0.6) is 0 Å². The second-order valence-corrected chi connectivity index (χ2v) is 10.3. The van der Waals surface area contributed by atoms with E-state index in [1.807, 2.05) is 78.3 Å². The molecule has 2 aromatic carbocycles. The molecule has 29 heavy (non-hydrogen) atoms. The first-order chi connectivity index (χ1) is 13.8. The molecule has 3 nitrogen and oxygen atoms in total. The minimum Gasteiger partial charge on any atom is -0.376 e. The molecular weight excluding hydrogens is 372 g/mol. The normalized spacial score (nSPS) is 11.0. The van der Waals surface area contributed by atoms with E-state index in [0.29, 0.717) is 5.41 Å². The van der Waals surface area contributed by atoms with E-state index in [1.54, 1.807) is 0 Å². The summed E-state index contributed by atoms with van der Waals surface area (Å²) < 4.78 is 14.0. The first-order valence-electron chi connectivity index (χ1n) is 9.91. The molecule has 0 radical (unpaired) electrons. The second-order valence-electron chi connectivity index (χ2n) is 8.49. The van der Waals surface area contributed by atoms with Crippen LogP contribution in [0, 0.1) is 12.3 Å². The van der Waals surface area contributed by atoms with Crippen LogP contribution in [0.2, 0.25) is 0 Å². The summed E-state index contributed by atoms with van der Waals surface area (Å²) in [6.45, 7) is 8.81. The first kappa shape index (κ1) is 20.9. The highest BCUT2D eigenvalue weighted by atomic mass is 28.3. The van der Waals surface area contributed by atoms with Gasteiger partial charge in [-0.2, -0.15) is 5.10 Å². The van der Waals surface area contributed by atoms with Crippen molar-refractivity contribution in [3.63, 3.8) is 0 Å². The van der Waals surface area contributed by atoms with E-state index in [1.165, 1.54) is 11.1 Å². The van der Waals surface area contributed by atoms with Crippen molar-refractivity contribution < 1.29 is 4.46 Å². The fourth-order valence-corrected chi connectivity index (χ4v) is 4.56. The lowest BCUT2D eigenvalue weighted by Gasteiger charge is -2.17. The standard InChI is InChI=1S/C13H18N2.C12H10OSi/c1-10-7-12-8-11(9-13(2,3)4)5-6-15(12)14-10;13-14(11-7-3-1-4-8-11)12-9-5-2-6-10-12/h5-8H,9H2,1-4H3;1-10H. The highest BCUT2D eigenvalue weighted by Gasteiger charge is 2.12. The van der Waals surface area contributed by atoms with Gasteiger partial charge in [0, 0.05) is 16.6 Å². The van der Waals surface area contributed by atoms with Crippen molar-refractivity contribution in [2.24, 2.45) is 5.41 Å². The van der Waals surface area contributed by atoms with Gasteiger partial charge in [0.15, 0.2) is 0 Å². The summed E-state index contributed by atoms with van der Waals surface area (Å²) in [4.78, 5) is 0. The monoisotopic (exact) mass is 400 g/mol. The maximum absolute atomic E-state index is 12.0. The Kier molecular flexibility index (Phi) is 6.55. The van der Waals surface area contributed by atoms with Crippen LogP contribution in [-0.2, 0) is 10.9 Å². The van der Waals surface area contributed by atoms with Crippen molar-refractivity contribution >= 4 is 24.6 Å². The summed E-state index contributed by atoms with van der Waals surface area (Å²) in [5.41, 5.74) is 3.99. The molecule has 0 atom stereocenters. The lowest BCUT2D eigenvalue weighted by molar-refractivity contribution is 0.411. The van der Waals surface area contributed by atoms with Gasteiger partial charge < -0.3 is 4.46 Å². The smallest absolute Gasteiger partial charge is 0.346 e. The van der Waals surface area contributed by atoms with Crippen molar-refractivity contribution in [2.45, 2.75) is 34.1 Å². The Balaban J connectivity index is 0.000000166. The van der Waals surface area contributed by atoms with Crippen molar-refractivity contribution in [3.8, 4) is 0 Å². The van der Waals surface area contributed by atoms with Gasteiger partial charge in [0.05, 0.1) is 11.2 Å². The highest BCUT2D eigenvalue weighted by molar-refractivity contribution is 6.72. The van der Waals surface area contributed by atoms with Gasteiger partial charge in [0.1, 0.15) is 0 Å². The average molecular weight is 401 g/mol. The molecule has 4 rings (SSSR count). The van der Waals surface area contributed by atoms with Crippen LogP contribution in [0.25, 0.3) is 5.52 Å². The largest absolute Gasteiger partial charge is 0.376 e. The van der Waals surface area contributed by atoms with Gasteiger partial charge in [-0.05, 0) is 42.5 Å². The Morgan fingerprint density at radius 3 is 1.93 bits per heavy atom. The minimum atomic E-state index is -1.79. The van der Waals surface area contributed by atoms with E-state index < -0.39 is 8.68 Å². The van der Waals surface area contributed by atoms with E-state index in [4.69, 9.17) is 0 Å². The van der Waals surface area contributed by atoms with Crippen LogP contribution < -0.4 is 10.4 Å². The zero-order valence-electron chi connectivity index (χ0n) is 17.6. The van der Waals surface area contributed by atoms with E-state index in [9.17, 15) is 4.46 Å². The third-order valence-corrected chi connectivity index (χ3v) is 6.17. The molecule has 0 aliphatic rings. The van der Waals surface area contributed by atoms with Crippen LogP contribution >= 0.6 is 0 Å². The highest BCUT2D eigenvalue weighted by Crippen LogP contribution is 2.21. The molecule has 0 amide bonds. The summed E-state index contributed by atoms with van der Waals surface area (Å²) in [6.07, 6.45) is 3.15. The molecule has 0 fully saturated rings. The third kappa shape index (κ3) is 6.06. The number of benzene rings is 2. The molecule has 0 aliphatic carbocycles. The molecule has 2 heterocycles. The zero-order valence-corrected chi connectivity index (χ0v) is 18.6. The van der Waals surface area contributed by atoms with Gasteiger partial charge in [-0.15, -0.1) is 0 Å². The molecule has 148 valence electrons. The first-order valence-corrected chi connectivity index (χ1v) is 11.3. The second kappa shape index (κ2) is 9.10. The Morgan fingerprint density at radius 2 is 1.41 bits per heavy atom. The fraction of sp³-hybridized carbons (Fsp3) is 0.240. The average Bonchev–Trinajstić information content (AvgIpc) is 3.07. The molecule has 0 saturated heterocycles. The SMILES string of the molecule is Cc1cc2cc(CC(C)(C)C)ccn2n1.O=[Si](c1ccccc1)c1ccccc1. The lowest BCUT2D eigenvalue weighted by Crippen LogP contribution is -2.33. The quantitative estimate of drug-likeness (QED) is 0.476. The van der Waals surface area contributed by atoms with Gasteiger partial charge in [-0.1, -0.05) is 81.4 Å². The summed E-state index contributed by atoms with van der Waals surface area (Å²) in [5, 5.41) is 6.21. The molecule has 0 spiro atoms. The number of hydrogen-bond acceptors (Lipinski definition) is 2. The predicted octanol–water partition coefficient (Wildman–Crippen LogP) is 4.45. The fourth-order valence-electron chi connectivity index (χ4n) is 3.24. The minimum absolute atomic E-state index is 0.341. The van der Waals surface area contributed by atoms with Crippen molar-refractivity contribution in [2.75, 3.05) is 0 Å². The van der Waals surface area contributed by atoms with Crippen LogP contribution in [0.1, 0.15) is 32.0 Å². The zero-order chi connectivity index (χ0) is 20.9. The van der Waals surface area contributed by atoms with Crippen LogP contribution in [0.4, 0.5) is 0 Å². The molecule has 0 aliphatic heterocycles. The topological polar surface area (TPSA) is 34.4 Å². The van der Waals surface area contributed by atoms with Gasteiger partial charge in [-0.25, -0.2) is 4.52 Å². The number of aryl methyl sites for hydroxylation is 1. The van der Waals surface area contributed by atoms with E-state index in [2.05, 4.69) is 44.1 Å². The molecule has 2 aromatic heterocycles. The molecule has 0 N–H and O–H groups in total. The molecule has 4 aromatic rings. The van der Waals surface area contributed by atoms with E-state index in [0.717, 1.165) is 22.5 Å². The van der Waals surface area contributed by atoms with Crippen LogP contribution in [0.3, 0.4) is 0 Å². The summed E-state index contributed by atoms with van der Waals surface area (Å²) in [6, 6.07) is 25.7. The lowest BCUT2D eigenvalue weighted by atomic mass is 9.88.